The fraction of sp³-hybridized carbons (Fsp3) is 0. The molecule has 0 saturated carbocycles. The van der Waals surface area contributed by atoms with Crippen molar-refractivity contribution in [1.82, 2.24) is 0 Å². The van der Waals surface area contributed by atoms with Crippen molar-refractivity contribution >= 4 is 54.8 Å². The molecule has 9 rings (SSSR count). The van der Waals surface area contributed by atoms with E-state index < -0.39 is 0 Å². The lowest BCUT2D eigenvalue weighted by Gasteiger charge is -2.05. The molecule has 41 heavy (non-hydrogen) atoms. The van der Waals surface area contributed by atoms with Crippen molar-refractivity contribution in [2.24, 2.45) is 0 Å². The number of fused-ring (bicyclic) bond motifs is 7. The highest BCUT2D eigenvalue weighted by Crippen LogP contribution is 2.46. The van der Waals surface area contributed by atoms with E-state index in [1.54, 1.807) is 0 Å². The van der Waals surface area contributed by atoms with E-state index in [2.05, 4.69) is 78.9 Å². The normalized spacial score (nSPS) is 11.9. The van der Waals surface area contributed by atoms with Crippen molar-refractivity contribution in [3.63, 3.8) is 0 Å². The average Bonchev–Trinajstić information content (AvgIpc) is 3.71. The summed E-state index contributed by atoms with van der Waals surface area (Å²) < 4.78 is 19.4. The van der Waals surface area contributed by atoms with Crippen LogP contribution >= 0.6 is 0 Å². The highest BCUT2D eigenvalue weighted by molar-refractivity contribution is 6.19. The molecule has 3 heterocycles. The summed E-state index contributed by atoms with van der Waals surface area (Å²) in [6, 6.07) is 45.9. The van der Waals surface area contributed by atoms with Gasteiger partial charge in [0.2, 0.25) is 0 Å². The molecule has 0 aliphatic rings. The van der Waals surface area contributed by atoms with Crippen LogP contribution in [0.5, 0.6) is 0 Å². The Bertz CT molecular complexity index is 2400. The van der Waals surface area contributed by atoms with E-state index in [1.165, 1.54) is 0 Å². The molecule has 0 aliphatic heterocycles. The lowest BCUT2D eigenvalue weighted by Crippen LogP contribution is -1.81. The summed E-state index contributed by atoms with van der Waals surface area (Å²) in [5, 5.41) is 5.41. The lowest BCUT2D eigenvalue weighted by molar-refractivity contribution is 0.629. The molecule has 0 amide bonds. The molecule has 0 spiro atoms. The highest BCUT2D eigenvalue weighted by Gasteiger charge is 2.22. The first-order chi connectivity index (χ1) is 20.3. The topological polar surface area (TPSA) is 39.4 Å². The Morgan fingerprint density at radius 1 is 0.366 bits per heavy atom. The van der Waals surface area contributed by atoms with Crippen molar-refractivity contribution < 1.29 is 13.3 Å². The summed E-state index contributed by atoms with van der Waals surface area (Å²) in [5.41, 5.74) is 9.62. The largest absolute Gasteiger partial charge is 0.456 e. The van der Waals surface area contributed by atoms with Crippen LogP contribution in [0.15, 0.2) is 147 Å². The number of rotatable bonds is 3. The first-order valence-electron chi connectivity index (χ1n) is 13.8. The summed E-state index contributed by atoms with van der Waals surface area (Å²) in [6.07, 6.45) is 0. The zero-order chi connectivity index (χ0) is 26.9. The predicted molar refractivity (Wildman–Crippen MR) is 167 cm³/mol. The van der Waals surface area contributed by atoms with Gasteiger partial charge in [0, 0.05) is 49.7 Å². The molecule has 0 fully saturated rings. The molecule has 0 unspecified atom stereocenters. The van der Waals surface area contributed by atoms with Crippen LogP contribution in [0, 0.1) is 0 Å². The second kappa shape index (κ2) is 8.48. The van der Waals surface area contributed by atoms with Crippen LogP contribution in [0.25, 0.3) is 88.4 Å². The molecular formula is C38H22O3. The molecule has 0 N–H and O–H groups in total. The number of hydrogen-bond donors (Lipinski definition) is 0. The van der Waals surface area contributed by atoms with Gasteiger partial charge in [0.15, 0.2) is 0 Å². The second-order valence-corrected chi connectivity index (χ2v) is 10.4. The minimum atomic E-state index is 0.803. The second-order valence-electron chi connectivity index (χ2n) is 10.4. The van der Waals surface area contributed by atoms with Gasteiger partial charge >= 0.3 is 0 Å². The summed E-state index contributed by atoms with van der Waals surface area (Å²) >= 11 is 0. The lowest BCUT2D eigenvalue weighted by atomic mass is 9.96. The van der Waals surface area contributed by atoms with E-state index in [4.69, 9.17) is 13.3 Å². The van der Waals surface area contributed by atoms with Gasteiger partial charge in [-0.2, -0.15) is 0 Å². The number of hydrogen-bond acceptors (Lipinski definition) is 3. The average molecular weight is 527 g/mol. The molecule has 3 heteroatoms. The molecule has 0 atom stereocenters. The molecule has 9 aromatic rings. The molecule has 6 aromatic carbocycles. The summed E-state index contributed by atoms with van der Waals surface area (Å²) in [6.45, 7) is 0. The number of benzene rings is 6. The quantitative estimate of drug-likeness (QED) is 0.230. The van der Waals surface area contributed by atoms with Gasteiger partial charge in [-0.1, -0.05) is 109 Å². The van der Waals surface area contributed by atoms with Gasteiger partial charge in [0.25, 0.3) is 0 Å². The minimum absolute atomic E-state index is 0.803. The Kier molecular flexibility index (Phi) is 4.61. The van der Waals surface area contributed by atoms with Crippen LogP contribution in [-0.4, -0.2) is 0 Å². The molecule has 0 aliphatic carbocycles. The minimum Gasteiger partial charge on any atom is -0.456 e. The van der Waals surface area contributed by atoms with Gasteiger partial charge in [0.1, 0.15) is 33.7 Å². The van der Waals surface area contributed by atoms with Crippen LogP contribution in [0.4, 0.5) is 0 Å². The van der Waals surface area contributed by atoms with Gasteiger partial charge in [-0.3, -0.25) is 0 Å². The van der Waals surface area contributed by atoms with Crippen molar-refractivity contribution in [2.75, 3.05) is 0 Å². The van der Waals surface area contributed by atoms with E-state index >= 15 is 0 Å². The Morgan fingerprint density at radius 2 is 1.02 bits per heavy atom. The zero-order valence-electron chi connectivity index (χ0n) is 21.9. The van der Waals surface area contributed by atoms with Crippen molar-refractivity contribution in [3.8, 4) is 33.6 Å². The Balaban J connectivity index is 1.34. The van der Waals surface area contributed by atoms with E-state index in [1.807, 2.05) is 54.6 Å². The van der Waals surface area contributed by atoms with Crippen LogP contribution < -0.4 is 0 Å². The highest BCUT2D eigenvalue weighted by atomic mass is 16.3. The fourth-order valence-electron chi connectivity index (χ4n) is 6.28. The summed E-state index contributed by atoms with van der Waals surface area (Å²) in [5.74, 6) is 0.864. The van der Waals surface area contributed by atoms with E-state index in [0.29, 0.717) is 0 Å². The number of furan rings is 3. The summed E-state index contributed by atoms with van der Waals surface area (Å²) in [4.78, 5) is 0. The molecule has 3 nitrogen and oxygen atoms in total. The van der Waals surface area contributed by atoms with Crippen LogP contribution in [0.1, 0.15) is 0 Å². The summed E-state index contributed by atoms with van der Waals surface area (Å²) in [7, 11) is 0. The monoisotopic (exact) mass is 526 g/mol. The maximum atomic E-state index is 6.65. The Hall–Kier alpha value is -5.54. The Morgan fingerprint density at radius 3 is 1.88 bits per heavy atom. The van der Waals surface area contributed by atoms with E-state index in [-0.39, 0.29) is 0 Å². The molecule has 192 valence electrons. The third-order valence-corrected chi connectivity index (χ3v) is 8.10. The first kappa shape index (κ1) is 22.3. The smallest absolute Gasteiger partial charge is 0.143 e. The first-order valence-corrected chi connectivity index (χ1v) is 13.8. The maximum Gasteiger partial charge on any atom is 0.143 e. The molecule has 0 radical (unpaired) electrons. The zero-order valence-corrected chi connectivity index (χ0v) is 21.9. The standard InChI is InChI=1S/C38H22O3/c1-3-11-23(12-4-1)35-30-21-29-27-18-9-17-26(25-16-10-20-32-36(25)28-15-7-8-19-31(28)39-32)38(27)41-33(29)22-34(30)40-37(35)24-13-5-2-6-14-24/h1-22H. The van der Waals surface area contributed by atoms with Crippen molar-refractivity contribution in [1.29, 1.82) is 0 Å². The van der Waals surface area contributed by atoms with Crippen LogP contribution in [-0.2, 0) is 0 Å². The molecule has 0 saturated heterocycles. The Labute approximate surface area is 234 Å². The van der Waals surface area contributed by atoms with Gasteiger partial charge in [-0.05, 0) is 29.3 Å². The van der Waals surface area contributed by atoms with Crippen LogP contribution in [0.2, 0.25) is 0 Å². The maximum absolute atomic E-state index is 6.65. The van der Waals surface area contributed by atoms with Crippen molar-refractivity contribution in [3.05, 3.63) is 133 Å². The van der Waals surface area contributed by atoms with Gasteiger partial charge in [-0.15, -0.1) is 0 Å². The van der Waals surface area contributed by atoms with Crippen molar-refractivity contribution in [2.45, 2.75) is 0 Å². The SMILES string of the molecule is c1ccc(-c2oc3cc4oc5c(-c6cccc7oc8ccccc8c67)cccc5c4cc3c2-c2ccccc2)cc1. The fourth-order valence-corrected chi connectivity index (χ4v) is 6.28. The van der Waals surface area contributed by atoms with E-state index in [0.717, 1.165) is 88.4 Å². The van der Waals surface area contributed by atoms with Gasteiger partial charge < -0.3 is 13.3 Å². The molecule has 0 bridgehead atoms. The van der Waals surface area contributed by atoms with E-state index in [9.17, 15) is 0 Å². The third kappa shape index (κ3) is 3.26. The molecule has 3 aromatic heterocycles. The predicted octanol–water partition coefficient (Wildman–Crippen LogP) is 11.2. The van der Waals surface area contributed by atoms with Gasteiger partial charge in [-0.25, -0.2) is 0 Å². The third-order valence-electron chi connectivity index (χ3n) is 8.10. The molecular weight excluding hydrogens is 504 g/mol. The van der Waals surface area contributed by atoms with Gasteiger partial charge in [0.05, 0.1) is 0 Å². The number of para-hydroxylation sites is 2. The van der Waals surface area contributed by atoms with Crippen LogP contribution in [0.3, 0.4) is 0 Å².